The molecule has 2 saturated heterocycles. The van der Waals surface area contributed by atoms with E-state index in [9.17, 15) is 9.59 Å². The Morgan fingerprint density at radius 3 is 2.70 bits per heavy atom. The van der Waals surface area contributed by atoms with E-state index >= 15 is 0 Å². The number of nitrogens with one attached hydrogen (secondary N) is 1. The van der Waals surface area contributed by atoms with E-state index < -0.39 is 0 Å². The average Bonchev–Trinajstić information content (AvgIpc) is 3.54. The number of rotatable bonds is 8. The Hall–Kier alpha value is -2.19. The number of amides is 2. The first-order valence-electron chi connectivity index (χ1n) is 11.0. The maximum Gasteiger partial charge on any atom is 0.256 e. The smallest absolute Gasteiger partial charge is 0.256 e. The molecule has 1 saturated carbocycles. The van der Waals surface area contributed by atoms with E-state index in [1.807, 2.05) is 4.90 Å². The number of hydrogen-bond donors (Lipinski definition) is 1. The van der Waals surface area contributed by atoms with Crippen molar-refractivity contribution in [2.45, 2.75) is 44.2 Å². The van der Waals surface area contributed by atoms with Crippen LogP contribution in [0, 0.1) is 5.92 Å². The summed E-state index contributed by atoms with van der Waals surface area (Å²) in [6.07, 6.45) is 6.71. The van der Waals surface area contributed by atoms with Gasteiger partial charge in [-0.25, -0.2) is 4.98 Å². The number of nitrogens with zero attached hydrogens (tertiary/aromatic N) is 3. The molecule has 1 aromatic heterocycles. The minimum Gasteiger partial charge on any atom is -0.480 e. The first kappa shape index (κ1) is 21.1. The first-order valence-corrected chi connectivity index (χ1v) is 11.0. The van der Waals surface area contributed by atoms with Crippen molar-refractivity contribution in [3.8, 4) is 5.88 Å². The topological polar surface area (TPSA) is 84.0 Å². The SMILES string of the molecule is COc1ncccc1C(=O)NC[C@@H]1CC[C@H](CC(=O)N2CCOCC2)N1CC1CC1. The lowest BCUT2D eigenvalue weighted by molar-refractivity contribution is -0.136. The van der Waals surface area contributed by atoms with Gasteiger partial charge in [0.15, 0.2) is 0 Å². The minimum absolute atomic E-state index is 0.167. The second kappa shape index (κ2) is 9.75. The summed E-state index contributed by atoms with van der Waals surface area (Å²) in [5.41, 5.74) is 0.450. The summed E-state index contributed by atoms with van der Waals surface area (Å²) in [6.45, 7) is 4.26. The van der Waals surface area contributed by atoms with Crippen molar-refractivity contribution < 1.29 is 19.1 Å². The normalized spacial score (nSPS) is 24.6. The van der Waals surface area contributed by atoms with Gasteiger partial charge < -0.3 is 19.7 Å². The molecule has 1 N–H and O–H groups in total. The lowest BCUT2D eigenvalue weighted by atomic mass is 10.1. The van der Waals surface area contributed by atoms with Gasteiger partial charge in [-0.2, -0.15) is 0 Å². The zero-order valence-electron chi connectivity index (χ0n) is 17.7. The fraction of sp³-hybridized carbons (Fsp3) is 0.682. The van der Waals surface area contributed by atoms with Crippen LogP contribution in [-0.2, 0) is 9.53 Å². The number of morpholine rings is 1. The molecule has 3 aliphatic rings. The molecule has 8 nitrogen and oxygen atoms in total. The van der Waals surface area contributed by atoms with Crippen molar-refractivity contribution in [1.82, 2.24) is 20.1 Å². The van der Waals surface area contributed by atoms with Crippen LogP contribution < -0.4 is 10.1 Å². The van der Waals surface area contributed by atoms with Gasteiger partial charge in [0, 0.05) is 50.9 Å². The number of hydrogen-bond acceptors (Lipinski definition) is 6. The van der Waals surface area contributed by atoms with Crippen molar-refractivity contribution in [3.63, 3.8) is 0 Å². The zero-order valence-corrected chi connectivity index (χ0v) is 17.7. The van der Waals surface area contributed by atoms with Gasteiger partial charge in [0.25, 0.3) is 5.91 Å². The minimum atomic E-state index is -0.167. The predicted octanol–water partition coefficient (Wildman–Crippen LogP) is 1.31. The van der Waals surface area contributed by atoms with Crippen LogP contribution in [0.2, 0.25) is 0 Å². The molecule has 0 spiro atoms. The van der Waals surface area contributed by atoms with Crippen molar-refractivity contribution in [1.29, 1.82) is 0 Å². The molecule has 30 heavy (non-hydrogen) atoms. The molecule has 0 aromatic carbocycles. The maximum atomic E-state index is 12.8. The van der Waals surface area contributed by atoms with Gasteiger partial charge in [-0.3, -0.25) is 14.5 Å². The molecule has 164 valence electrons. The molecule has 1 aliphatic carbocycles. The summed E-state index contributed by atoms with van der Waals surface area (Å²) in [5.74, 6) is 1.14. The number of carbonyl (C=O) groups is 2. The van der Waals surface area contributed by atoms with Crippen molar-refractivity contribution in [3.05, 3.63) is 23.9 Å². The highest BCUT2D eigenvalue weighted by Gasteiger charge is 2.38. The standard InChI is InChI=1S/C22H32N4O4/c1-29-22-19(3-2-8-23-22)21(28)24-14-18-7-6-17(26(18)15-16-4-5-16)13-20(27)25-9-11-30-12-10-25/h2-3,8,16-18H,4-7,9-15H2,1H3,(H,24,28)/t17-,18+/m1/s1. The fourth-order valence-corrected chi connectivity index (χ4v) is 4.53. The van der Waals surface area contributed by atoms with Crippen LogP contribution in [0.15, 0.2) is 18.3 Å². The summed E-state index contributed by atoms with van der Waals surface area (Å²) >= 11 is 0. The van der Waals surface area contributed by atoms with Crippen LogP contribution in [0.4, 0.5) is 0 Å². The molecule has 8 heteroatoms. The summed E-state index contributed by atoms with van der Waals surface area (Å²) in [6, 6.07) is 3.98. The van der Waals surface area contributed by atoms with E-state index in [4.69, 9.17) is 9.47 Å². The third-order valence-corrected chi connectivity index (χ3v) is 6.42. The molecule has 0 bridgehead atoms. The van der Waals surface area contributed by atoms with Crippen LogP contribution in [0.5, 0.6) is 5.88 Å². The molecule has 2 atom stereocenters. The highest BCUT2D eigenvalue weighted by atomic mass is 16.5. The Balaban J connectivity index is 1.35. The van der Waals surface area contributed by atoms with Gasteiger partial charge >= 0.3 is 0 Å². The molecule has 0 radical (unpaired) electrons. The largest absolute Gasteiger partial charge is 0.480 e. The summed E-state index contributed by atoms with van der Waals surface area (Å²) < 4.78 is 10.6. The van der Waals surface area contributed by atoms with E-state index in [1.54, 1.807) is 18.3 Å². The van der Waals surface area contributed by atoms with E-state index in [-0.39, 0.29) is 23.9 Å². The fourth-order valence-electron chi connectivity index (χ4n) is 4.53. The van der Waals surface area contributed by atoms with Gasteiger partial charge in [0.05, 0.1) is 20.3 Å². The maximum absolute atomic E-state index is 12.8. The molecule has 0 unspecified atom stereocenters. The van der Waals surface area contributed by atoms with Crippen LogP contribution in [-0.4, -0.2) is 85.2 Å². The van der Waals surface area contributed by atoms with Crippen LogP contribution >= 0.6 is 0 Å². The van der Waals surface area contributed by atoms with Gasteiger partial charge in [-0.15, -0.1) is 0 Å². The zero-order chi connectivity index (χ0) is 20.9. The number of ether oxygens (including phenoxy) is 2. The van der Waals surface area contributed by atoms with Crippen molar-refractivity contribution >= 4 is 11.8 Å². The molecule has 4 rings (SSSR count). The Morgan fingerprint density at radius 2 is 1.97 bits per heavy atom. The molecule has 3 heterocycles. The van der Waals surface area contributed by atoms with Gasteiger partial charge in [0.1, 0.15) is 5.56 Å². The molecular formula is C22H32N4O4. The van der Waals surface area contributed by atoms with Crippen LogP contribution in [0.1, 0.15) is 42.5 Å². The average molecular weight is 417 g/mol. The van der Waals surface area contributed by atoms with Crippen molar-refractivity contribution in [2.24, 2.45) is 5.92 Å². The van der Waals surface area contributed by atoms with E-state index in [1.165, 1.54) is 20.0 Å². The Kier molecular flexibility index (Phi) is 6.84. The monoisotopic (exact) mass is 416 g/mol. The number of aromatic nitrogens is 1. The molecular weight excluding hydrogens is 384 g/mol. The Bertz CT molecular complexity index is 748. The Labute approximate surface area is 177 Å². The van der Waals surface area contributed by atoms with E-state index in [0.29, 0.717) is 50.7 Å². The summed E-state index contributed by atoms with van der Waals surface area (Å²) in [7, 11) is 1.52. The van der Waals surface area contributed by atoms with E-state index in [0.717, 1.165) is 25.3 Å². The highest BCUT2D eigenvalue weighted by Crippen LogP contribution is 2.35. The van der Waals surface area contributed by atoms with Crippen LogP contribution in [0.25, 0.3) is 0 Å². The molecule has 2 aliphatic heterocycles. The second-order valence-electron chi connectivity index (χ2n) is 8.49. The molecule has 2 amide bonds. The third-order valence-electron chi connectivity index (χ3n) is 6.42. The number of methoxy groups -OCH3 is 1. The molecule has 1 aromatic rings. The third kappa shape index (κ3) is 5.10. The summed E-state index contributed by atoms with van der Waals surface area (Å²) in [5, 5.41) is 3.06. The Morgan fingerprint density at radius 1 is 1.20 bits per heavy atom. The number of likely N-dealkylation sites (tertiary alicyclic amines) is 1. The van der Waals surface area contributed by atoms with Crippen LogP contribution in [0.3, 0.4) is 0 Å². The van der Waals surface area contributed by atoms with Gasteiger partial charge in [0.2, 0.25) is 11.8 Å². The number of pyridine rings is 1. The first-order chi connectivity index (χ1) is 14.7. The molecule has 3 fully saturated rings. The van der Waals surface area contributed by atoms with Gasteiger partial charge in [-0.1, -0.05) is 0 Å². The predicted molar refractivity (Wildman–Crippen MR) is 111 cm³/mol. The second-order valence-corrected chi connectivity index (χ2v) is 8.49. The quantitative estimate of drug-likeness (QED) is 0.688. The van der Waals surface area contributed by atoms with Crippen molar-refractivity contribution in [2.75, 3.05) is 46.5 Å². The highest BCUT2D eigenvalue weighted by molar-refractivity contribution is 5.96. The van der Waals surface area contributed by atoms with E-state index in [2.05, 4.69) is 15.2 Å². The summed E-state index contributed by atoms with van der Waals surface area (Å²) in [4.78, 5) is 34.0. The lowest BCUT2D eigenvalue weighted by Crippen LogP contribution is -2.47. The lowest BCUT2D eigenvalue weighted by Gasteiger charge is -2.33. The number of carbonyl (C=O) groups excluding carboxylic acids is 2. The van der Waals surface area contributed by atoms with Gasteiger partial charge in [-0.05, 0) is 43.7 Å².